The van der Waals surface area contributed by atoms with Crippen LogP contribution in [0.5, 0.6) is 0 Å². The molecule has 1 aromatic heterocycles. The molecule has 6 atom stereocenters. The Kier molecular flexibility index (Phi) is 7.55. The Labute approximate surface area is 177 Å². The standard InChI is InChI=1S/C21H26O10/c1-10(23)5-12(24)6-11-3-2-4-15-17(11)14(25)7-13(30-15)9-29-21-20(28)19(27)18(26)16(8-22)31-21/h2-4,7,10,16,18-23,26-28H,5-6,8-9H2,1H3. The van der Waals surface area contributed by atoms with Crippen molar-refractivity contribution in [3.8, 4) is 0 Å². The number of ether oxygens (including phenoxy) is 2. The van der Waals surface area contributed by atoms with E-state index in [0.29, 0.717) is 5.56 Å². The van der Waals surface area contributed by atoms with Gasteiger partial charge in [0.15, 0.2) is 11.7 Å². The topological polar surface area (TPSA) is 167 Å². The van der Waals surface area contributed by atoms with Crippen LogP contribution in [-0.2, 0) is 27.3 Å². The third kappa shape index (κ3) is 5.36. The summed E-state index contributed by atoms with van der Waals surface area (Å²) in [5, 5.41) is 48.5. The lowest BCUT2D eigenvalue weighted by molar-refractivity contribution is -0.304. The second kappa shape index (κ2) is 9.96. The predicted molar refractivity (Wildman–Crippen MR) is 106 cm³/mol. The second-order valence-corrected chi connectivity index (χ2v) is 7.64. The van der Waals surface area contributed by atoms with E-state index in [9.17, 15) is 35.1 Å². The number of Topliss-reactive ketones (excluding diaryl/α,β-unsaturated/α-hetero) is 1. The minimum Gasteiger partial charge on any atom is -0.458 e. The Hall–Kier alpha value is -2.18. The number of ketones is 1. The van der Waals surface area contributed by atoms with Crippen molar-refractivity contribution in [2.75, 3.05) is 6.61 Å². The molecule has 6 unspecified atom stereocenters. The number of rotatable bonds is 8. The van der Waals surface area contributed by atoms with E-state index >= 15 is 0 Å². The van der Waals surface area contributed by atoms with Crippen LogP contribution in [-0.4, -0.2) is 74.7 Å². The number of aliphatic hydroxyl groups is 5. The van der Waals surface area contributed by atoms with E-state index in [0.717, 1.165) is 0 Å². The molecule has 0 aliphatic carbocycles. The highest BCUT2D eigenvalue weighted by atomic mass is 16.7. The maximum atomic E-state index is 12.7. The molecule has 10 heteroatoms. The molecule has 1 fully saturated rings. The van der Waals surface area contributed by atoms with Crippen molar-refractivity contribution in [3.05, 3.63) is 45.8 Å². The van der Waals surface area contributed by atoms with Crippen molar-refractivity contribution in [1.82, 2.24) is 0 Å². The molecule has 5 N–H and O–H groups in total. The van der Waals surface area contributed by atoms with Crippen LogP contribution in [0.3, 0.4) is 0 Å². The minimum absolute atomic E-state index is 0.0201. The van der Waals surface area contributed by atoms with Gasteiger partial charge in [0.2, 0.25) is 0 Å². The van der Waals surface area contributed by atoms with Crippen LogP contribution >= 0.6 is 0 Å². The lowest BCUT2D eigenvalue weighted by Gasteiger charge is -2.39. The zero-order valence-electron chi connectivity index (χ0n) is 16.9. The first-order valence-electron chi connectivity index (χ1n) is 9.87. The van der Waals surface area contributed by atoms with Crippen LogP contribution in [0.15, 0.2) is 33.5 Å². The van der Waals surface area contributed by atoms with Crippen LogP contribution < -0.4 is 5.43 Å². The summed E-state index contributed by atoms with van der Waals surface area (Å²) in [6.45, 7) is 0.628. The van der Waals surface area contributed by atoms with Gasteiger partial charge in [-0.1, -0.05) is 12.1 Å². The van der Waals surface area contributed by atoms with E-state index < -0.39 is 48.8 Å². The number of hydrogen-bond donors (Lipinski definition) is 5. The van der Waals surface area contributed by atoms with Crippen LogP contribution in [0.4, 0.5) is 0 Å². The largest absolute Gasteiger partial charge is 0.458 e. The van der Waals surface area contributed by atoms with Crippen molar-refractivity contribution in [2.45, 2.75) is 63.2 Å². The number of carbonyl (C=O) groups excluding carboxylic acids is 1. The molecule has 10 nitrogen and oxygen atoms in total. The van der Waals surface area contributed by atoms with Gasteiger partial charge in [0.25, 0.3) is 0 Å². The van der Waals surface area contributed by atoms with Crippen molar-refractivity contribution >= 4 is 16.8 Å². The smallest absolute Gasteiger partial charge is 0.193 e. The highest BCUT2D eigenvalue weighted by Gasteiger charge is 2.44. The fourth-order valence-corrected chi connectivity index (χ4v) is 3.53. The molecule has 1 aromatic carbocycles. The highest BCUT2D eigenvalue weighted by Crippen LogP contribution is 2.24. The number of benzene rings is 1. The summed E-state index contributed by atoms with van der Waals surface area (Å²) < 4.78 is 16.3. The minimum atomic E-state index is -1.58. The van der Waals surface area contributed by atoms with Gasteiger partial charge in [0, 0.05) is 18.9 Å². The van der Waals surface area contributed by atoms with Crippen LogP contribution in [0, 0.1) is 0 Å². The summed E-state index contributed by atoms with van der Waals surface area (Å²) in [5.41, 5.74) is 0.328. The molecule has 0 saturated carbocycles. The van der Waals surface area contributed by atoms with E-state index in [1.165, 1.54) is 13.0 Å². The number of fused-ring (bicyclic) bond motifs is 1. The van der Waals surface area contributed by atoms with Gasteiger partial charge in [-0.25, -0.2) is 0 Å². The molecule has 1 aliphatic heterocycles. The fourth-order valence-electron chi connectivity index (χ4n) is 3.53. The highest BCUT2D eigenvalue weighted by molar-refractivity contribution is 5.88. The van der Waals surface area contributed by atoms with Gasteiger partial charge in [-0.2, -0.15) is 0 Å². The van der Waals surface area contributed by atoms with E-state index in [1.54, 1.807) is 18.2 Å². The Morgan fingerprint density at radius 1 is 1.19 bits per heavy atom. The maximum absolute atomic E-state index is 12.7. The van der Waals surface area contributed by atoms with E-state index in [4.69, 9.17) is 13.9 Å². The number of hydrogen-bond acceptors (Lipinski definition) is 10. The number of carbonyl (C=O) groups is 1. The van der Waals surface area contributed by atoms with E-state index in [1.807, 2.05) is 0 Å². The third-order valence-electron chi connectivity index (χ3n) is 5.04. The predicted octanol–water partition coefficient (Wildman–Crippen LogP) is -1.01. The third-order valence-corrected chi connectivity index (χ3v) is 5.04. The van der Waals surface area contributed by atoms with Crippen molar-refractivity contribution < 1.29 is 44.2 Å². The zero-order chi connectivity index (χ0) is 22.7. The summed E-state index contributed by atoms with van der Waals surface area (Å²) in [7, 11) is 0. The van der Waals surface area contributed by atoms with Crippen LogP contribution in [0.25, 0.3) is 11.0 Å². The molecule has 2 aromatic rings. The van der Waals surface area contributed by atoms with E-state index in [2.05, 4.69) is 0 Å². The van der Waals surface area contributed by atoms with Crippen LogP contribution in [0.1, 0.15) is 24.7 Å². The lowest BCUT2D eigenvalue weighted by Crippen LogP contribution is -2.59. The Morgan fingerprint density at radius 3 is 2.61 bits per heavy atom. The molecule has 0 spiro atoms. The average Bonchev–Trinajstić information content (AvgIpc) is 2.71. The van der Waals surface area contributed by atoms with Gasteiger partial charge in [-0.05, 0) is 18.6 Å². The first kappa shape index (κ1) is 23.5. The Morgan fingerprint density at radius 2 is 1.94 bits per heavy atom. The molecule has 0 amide bonds. The fraction of sp³-hybridized carbons (Fsp3) is 0.524. The van der Waals surface area contributed by atoms with Gasteiger partial charge in [-0.3, -0.25) is 9.59 Å². The Bertz CT molecular complexity index is 966. The quantitative estimate of drug-likeness (QED) is 0.345. The Balaban J connectivity index is 1.77. The van der Waals surface area contributed by atoms with Crippen molar-refractivity contribution in [2.24, 2.45) is 0 Å². The summed E-state index contributed by atoms with van der Waals surface area (Å²) in [4.78, 5) is 24.7. The molecule has 0 bridgehead atoms. The molecule has 31 heavy (non-hydrogen) atoms. The molecular formula is C21H26O10. The molecule has 170 valence electrons. The monoisotopic (exact) mass is 438 g/mol. The van der Waals surface area contributed by atoms with Gasteiger partial charge >= 0.3 is 0 Å². The van der Waals surface area contributed by atoms with Crippen molar-refractivity contribution in [3.63, 3.8) is 0 Å². The first-order valence-corrected chi connectivity index (χ1v) is 9.87. The van der Waals surface area contributed by atoms with E-state index in [-0.39, 0.29) is 42.0 Å². The van der Waals surface area contributed by atoms with Gasteiger partial charge in [0.1, 0.15) is 48.1 Å². The zero-order valence-corrected chi connectivity index (χ0v) is 16.9. The summed E-state index contributed by atoms with van der Waals surface area (Å²) in [5.74, 6) is -0.0983. The molecule has 0 radical (unpaired) electrons. The molecule has 1 aliphatic rings. The molecular weight excluding hydrogens is 412 g/mol. The molecule has 2 heterocycles. The normalized spacial score (nSPS) is 27.4. The summed E-state index contributed by atoms with van der Waals surface area (Å²) in [6, 6.07) is 6.04. The maximum Gasteiger partial charge on any atom is 0.193 e. The molecule has 3 rings (SSSR count). The summed E-state index contributed by atoms with van der Waals surface area (Å²) >= 11 is 0. The van der Waals surface area contributed by atoms with Crippen LogP contribution in [0.2, 0.25) is 0 Å². The average molecular weight is 438 g/mol. The summed E-state index contributed by atoms with van der Waals surface area (Å²) in [6.07, 6.45) is -7.95. The second-order valence-electron chi connectivity index (χ2n) is 7.64. The van der Waals surface area contributed by atoms with Crippen molar-refractivity contribution in [1.29, 1.82) is 0 Å². The number of aliphatic hydroxyl groups excluding tert-OH is 5. The first-order chi connectivity index (χ1) is 14.7. The van der Waals surface area contributed by atoms with Gasteiger partial charge < -0.3 is 39.4 Å². The lowest BCUT2D eigenvalue weighted by atomic mass is 9.99. The van der Waals surface area contributed by atoms with Gasteiger partial charge in [-0.15, -0.1) is 0 Å². The SMILES string of the molecule is CC(O)CC(=O)Cc1cccc2oc(COC3OC(CO)C(O)C(O)C3O)cc(=O)c12. The van der Waals surface area contributed by atoms with Gasteiger partial charge in [0.05, 0.1) is 18.1 Å². The molecule has 1 saturated heterocycles.